The zero-order valence-electron chi connectivity index (χ0n) is 11.6. The van der Waals surface area contributed by atoms with E-state index in [0.29, 0.717) is 6.61 Å². The summed E-state index contributed by atoms with van der Waals surface area (Å²) in [6.07, 6.45) is 3.46. The molecule has 1 aromatic heterocycles. The van der Waals surface area contributed by atoms with Gasteiger partial charge in [-0.2, -0.15) is 0 Å². The fourth-order valence-corrected chi connectivity index (χ4v) is 1.81. The van der Waals surface area contributed by atoms with Crippen LogP contribution in [0.2, 0.25) is 0 Å². The van der Waals surface area contributed by atoms with Crippen LogP contribution in [0.3, 0.4) is 0 Å². The predicted octanol–water partition coefficient (Wildman–Crippen LogP) is 3.10. The largest absolute Gasteiger partial charge is 0.487 e. The van der Waals surface area contributed by atoms with Crippen molar-refractivity contribution in [2.24, 2.45) is 0 Å². The Kier molecular flexibility index (Phi) is 4.34. The quantitative estimate of drug-likeness (QED) is 0.894. The second kappa shape index (κ2) is 6.18. The first-order valence-corrected chi connectivity index (χ1v) is 6.44. The molecule has 4 nitrogen and oxygen atoms in total. The summed E-state index contributed by atoms with van der Waals surface area (Å²) in [4.78, 5) is 8.57. The zero-order chi connectivity index (χ0) is 13.7. The van der Waals surface area contributed by atoms with E-state index in [0.717, 1.165) is 29.4 Å². The Morgan fingerprint density at radius 1 is 1.16 bits per heavy atom. The smallest absolute Gasteiger partial charge is 0.144 e. The summed E-state index contributed by atoms with van der Waals surface area (Å²) in [7, 11) is 0. The van der Waals surface area contributed by atoms with Crippen LogP contribution in [0.4, 0.5) is 5.82 Å². The van der Waals surface area contributed by atoms with Gasteiger partial charge in [-0.15, -0.1) is 0 Å². The molecule has 2 rings (SSSR count). The SMILES string of the molecule is CCNc1cnc(COc2ccc(C)cc2C)cn1. The third kappa shape index (κ3) is 3.68. The second-order valence-electron chi connectivity index (χ2n) is 4.48. The molecule has 0 radical (unpaired) electrons. The van der Waals surface area contributed by atoms with E-state index in [-0.39, 0.29) is 0 Å². The Morgan fingerprint density at radius 3 is 2.63 bits per heavy atom. The summed E-state index contributed by atoms with van der Waals surface area (Å²) in [5, 5.41) is 3.11. The van der Waals surface area contributed by atoms with Crippen molar-refractivity contribution in [3.8, 4) is 5.75 Å². The molecular formula is C15H19N3O. The minimum absolute atomic E-state index is 0.434. The highest BCUT2D eigenvalue weighted by atomic mass is 16.5. The average Bonchev–Trinajstić information content (AvgIpc) is 2.40. The molecule has 1 aromatic carbocycles. The summed E-state index contributed by atoms with van der Waals surface area (Å²) in [6.45, 7) is 7.42. The molecule has 2 aromatic rings. The number of ether oxygens (including phenoxy) is 1. The summed E-state index contributed by atoms with van der Waals surface area (Å²) in [5.41, 5.74) is 3.19. The number of nitrogens with one attached hydrogen (secondary N) is 1. The Balaban J connectivity index is 1.98. The molecule has 0 bridgehead atoms. The van der Waals surface area contributed by atoms with Gasteiger partial charge in [0, 0.05) is 6.54 Å². The normalized spacial score (nSPS) is 10.3. The highest BCUT2D eigenvalue weighted by molar-refractivity contribution is 5.36. The summed E-state index contributed by atoms with van der Waals surface area (Å²) >= 11 is 0. The van der Waals surface area contributed by atoms with E-state index in [4.69, 9.17) is 4.74 Å². The maximum atomic E-state index is 5.75. The molecule has 0 atom stereocenters. The van der Waals surface area contributed by atoms with Gasteiger partial charge in [-0.3, -0.25) is 4.98 Å². The maximum absolute atomic E-state index is 5.75. The van der Waals surface area contributed by atoms with Gasteiger partial charge in [-0.1, -0.05) is 17.7 Å². The van der Waals surface area contributed by atoms with Crippen molar-refractivity contribution in [1.29, 1.82) is 0 Å². The minimum atomic E-state index is 0.434. The molecule has 0 amide bonds. The minimum Gasteiger partial charge on any atom is -0.487 e. The van der Waals surface area contributed by atoms with Gasteiger partial charge in [0.25, 0.3) is 0 Å². The van der Waals surface area contributed by atoms with Gasteiger partial charge in [0.2, 0.25) is 0 Å². The number of benzene rings is 1. The first kappa shape index (κ1) is 13.3. The molecule has 100 valence electrons. The molecule has 19 heavy (non-hydrogen) atoms. The van der Waals surface area contributed by atoms with Gasteiger partial charge in [0.15, 0.2) is 0 Å². The lowest BCUT2D eigenvalue weighted by Gasteiger charge is -2.09. The maximum Gasteiger partial charge on any atom is 0.144 e. The van der Waals surface area contributed by atoms with Crippen LogP contribution in [-0.4, -0.2) is 16.5 Å². The van der Waals surface area contributed by atoms with Crippen molar-refractivity contribution in [2.45, 2.75) is 27.4 Å². The summed E-state index contributed by atoms with van der Waals surface area (Å²) < 4.78 is 5.75. The van der Waals surface area contributed by atoms with Gasteiger partial charge in [-0.25, -0.2) is 4.98 Å². The molecule has 0 spiro atoms. The standard InChI is InChI=1S/C15H19N3O/c1-4-16-15-9-17-13(8-18-15)10-19-14-6-5-11(2)7-12(14)3/h5-9H,4,10H2,1-3H3,(H,16,18). The lowest BCUT2D eigenvalue weighted by molar-refractivity contribution is 0.298. The second-order valence-corrected chi connectivity index (χ2v) is 4.48. The molecule has 0 aliphatic heterocycles. The van der Waals surface area contributed by atoms with Crippen molar-refractivity contribution in [2.75, 3.05) is 11.9 Å². The Bertz CT molecular complexity index is 538. The van der Waals surface area contributed by atoms with E-state index >= 15 is 0 Å². The van der Waals surface area contributed by atoms with Crippen LogP contribution in [-0.2, 0) is 6.61 Å². The highest BCUT2D eigenvalue weighted by Crippen LogP contribution is 2.19. The average molecular weight is 257 g/mol. The van der Waals surface area contributed by atoms with Gasteiger partial charge in [0.05, 0.1) is 18.1 Å². The molecule has 0 saturated carbocycles. The van der Waals surface area contributed by atoms with E-state index in [1.165, 1.54) is 5.56 Å². The van der Waals surface area contributed by atoms with Crippen LogP contribution in [0.15, 0.2) is 30.6 Å². The van der Waals surface area contributed by atoms with Gasteiger partial charge in [0.1, 0.15) is 18.2 Å². The van der Waals surface area contributed by atoms with Crippen LogP contribution in [0, 0.1) is 13.8 Å². The molecule has 0 saturated heterocycles. The number of aromatic nitrogens is 2. The van der Waals surface area contributed by atoms with Gasteiger partial charge < -0.3 is 10.1 Å². The van der Waals surface area contributed by atoms with E-state index in [1.807, 2.05) is 26.0 Å². The first-order chi connectivity index (χ1) is 9.19. The lowest BCUT2D eigenvalue weighted by atomic mass is 10.1. The van der Waals surface area contributed by atoms with Crippen molar-refractivity contribution in [3.63, 3.8) is 0 Å². The highest BCUT2D eigenvalue weighted by Gasteiger charge is 2.02. The Hall–Kier alpha value is -2.10. The van der Waals surface area contributed by atoms with Gasteiger partial charge in [-0.05, 0) is 32.4 Å². The predicted molar refractivity (Wildman–Crippen MR) is 76.4 cm³/mol. The number of hydrogen-bond acceptors (Lipinski definition) is 4. The van der Waals surface area contributed by atoms with Crippen LogP contribution >= 0.6 is 0 Å². The molecule has 0 aliphatic rings. The van der Waals surface area contributed by atoms with Crippen molar-refractivity contribution in [1.82, 2.24) is 9.97 Å². The van der Waals surface area contributed by atoms with Crippen molar-refractivity contribution in [3.05, 3.63) is 47.4 Å². The van der Waals surface area contributed by atoms with Crippen molar-refractivity contribution < 1.29 is 4.74 Å². The summed E-state index contributed by atoms with van der Waals surface area (Å²) in [6, 6.07) is 6.14. The van der Waals surface area contributed by atoms with E-state index in [1.54, 1.807) is 12.4 Å². The molecule has 1 N–H and O–H groups in total. The number of anilines is 1. The number of nitrogens with zero attached hydrogens (tertiary/aromatic N) is 2. The number of aryl methyl sites for hydroxylation is 2. The van der Waals surface area contributed by atoms with Crippen molar-refractivity contribution >= 4 is 5.82 Å². The first-order valence-electron chi connectivity index (χ1n) is 6.44. The van der Waals surface area contributed by atoms with Crippen LogP contribution in [0.25, 0.3) is 0 Å². The fraction of sp³-hybridized carbons (Fsp3) is 0.333. The molecule has 0 aliphatic carbocycles. The third-order valence-electron chi connectivity index (χ3n) is 2.77. The van der Waals surface area contributed by atoms with Crippen LogP contribution in [0.1, 0.15) is 23.7 Å². The van der Waals surface area contributed by atoms with E-state index in [9.17, 15) is 0 Å². The van der Waals surface area contributed by atoms with E-state index < -0.39 is 0 Å². The summed E-state index contributed by atoms with van der Waals surface area (Å²) in [5.74, 6) is 1.68. The monoisotopic (exact) mass is 257 g/mol. The topological polar surface area (TPSA) is 47.0 Å². The van der Waals surface area contributed by atoms with E-state index in [2.05, 4.69) is 28.3 Å². The Morgan fingerprint density at radius 2 is 2.00 bits per heavy atom. The molecule has 1 heterocycles. The molecule has 0 fully saturated rings. The molecule has 4 heteroatoms. The zero-order valence-corrected chi connectivity index (χ0v) is 11.6. The third-order valence-corrected chi connectivity index (χ3v) is 2.77. The van der Waals surface area contributed by atoms with Crippen LogP contribution in [0.5, 0.6) is 5.75 Å². The lowest BCUT2D eigenvalue weighted by Crippen LogP contribution is -2.03. The molecular weight excluding hydrogens is 238 g/mol. The van der Waals surface area contributed by atoms with Crippen LogP contribution < -0.4 is 10.1 Å². The number of rotatable bonds is 5. The Labute approximate surface area is 113 Å². The van der Waals surface area contributed by atoms with Gasteiger partial charge >= 0.3 is 0 Å². The number of hydrogen-bond donors (Lipinski definition) is 1. The fourth-order valence-electron chi connectivity index (χ4n) is 1.81. The molecule has 0 unspecified atom stereocenters.